The van der Waals surface area contributed by atoms with E-state index in [1.807, 2.05) is 24.3 Å². The molecular formula is C14H15F3N4O. The van der Waals surface area contributed by atoms with Crippen molar-refractivity contribution < 1.29 is 17.9 Å². The number of benzene rings is 1. The highest BCUT2D eigenvalue weighted by Gasteiger charge is 2.35. The van der Waals surface area contributed by atoms with E-state index in [0.717, 1.165) is 11.1 Å². The van der Waals surface area contributed by atoms with Crippen LogP contribution in [0.3, 0.4) is 0 Å². The molecule has 8 heteroatoms. The number of halogens is 3. The third kappa shape index (κ3) is 3.28. The molecule has 0 amide bonds. The van der Waals surface area contributed by atoms with Gasteiger partial charge in [-0.1, -0.05) is 24.3 Å². The summed E-state index contributed by atoms with van der Waals surface area (Å²) in [5.74, 6) is 1.02. The van der Waals surface area contributed by atoms with Gasteiger partial charge in [0.2, 0.25) is 0 Å². The lowest BCUT2D eigenvalue weighted by Gasteiger charge is -2.23. The van der Waals surface area contributed by atoms with Crippen LogP contribution in [0.1, 0.15) is 17.8 Å². The van der Waals surface area contributed by atoms with Crippen LogP contribution in [-0.2, 0) is 24.2 Å². The van der Waals surface area contributed by atoms with Crippen molar-refractivity contribution in [2.45, 2.75) is 38.4 Å². The van der Waals surface area contributed by atoms with Gasteiger partial charge in [-0.2, -0.15) is 5.10 Å². The molecule has 1 aliphatic heterocycles. The number of aromatic nitrogens is 3. The van der Waals surface area contributed by atoms with Gasteiger partial charge in [0.1, 0.15) is 5.82 Å². The van der Waals surface area contributed by atoms with Gasteiger partial charge in [-0.05, 0) is 12.0 Å². The standard InChI is InChI=1S/C14H15F3N4O/c15-14(16,17)22-11-5-6-21-12(7-11)19-13(20-21)10-3-1-9(8-18)2-4-10/h1-4,11H,5-8,18H2. The summed E-state index contributed by atoms with van der Waals surface area (Å²) in [5, 5.41) is 4.34. The molecular weight excluding hydrogens is 297 g/mol. The number of alkyl halides is 3. The first-order valence-corrected chi connectivity index (χ1v) is 6.92. The maximum absolute atomic E-state index is 12.3. The number of nitrogens with zero attached hydrogens (tertiary/aromatic N) is 3. The molecule has 2 N–H and O–H groups in total. The molecule has 0 aliphatic carbocycles. The normalized spacial score (nSPS) is 18.3. The second kappa shape index (κ2) is 5.69. The van der Waals surface area contributed by atoms with Crippen molar-refractivity contribution in [3.63, 3.8) is 0 Å². The zero-order valence-electron chi connectivity index (χ0n) is 11.7. The SMILES string of the molecule is NCc1ccc(-c2nc3n(n2)CCC(OC(F)(F)F)C3)cc1. The van der Waals surface area contributed by atoms with Crippen molar-refractivity contribution in [2.75, 3.05) is 0 Å². The lowest BCUT2D eigenvalue weighted by molar-refractivity contribution is -0.344. The van der Waals surface area contributed by atoms with E-state index in [0.29, 0.717) is 24.7 Å². The molecule has 1 aliphatic rings. The zero-order chi connectivity index (χ0) is 15.7. The van der Waals surface area contributed by atoms with E-state index in [1.54, 1.807) is 4.68 Å². The van der Waals surface area contributed by atoms with E-state index in [9.17, 15) is 13.2 Å². The Hall–Kier alpha value is -1.93. The van der Waals surface area contributed by atoms with Crippen LogP contribution in [0.2, 0.25) is 0 Å². The molecule has 3 rings (SSSR count). The molecule has 2 heterocycles. The molecule has 1 aromatic heterocycles. The summed E-state index contributed by atoms with van der Waals surface area (Å²) in [6.45, 7) is 0.813. The summed E-state index contributed by atoms with van der Waals surface area (Å²) in [7, 11) is 0. The number of fused-ring (bicyclic) bond motifs is 1. The molecule has 0 saturated heterocycles. The van der Waals surface area contributed by atoms with Gasteiger partial charge >= 0.3 is 6.36 Å². The van der Waals surface area contributed by atoms with Crippen LogP contribution < -0.4 is 5.73 Å². The van der Waals surface area contributed by atoms with Gasteiger partial charge in [0.05, 0.1) is 6.10 Å². The van der Waals surface area contributed by atoms with E-state index >= 15 is 0 Å². The van der Waals surface area contributed by atoms with Gasteiger partial charge in [0, 0.05) is 25.1 Å². The first-order valence-electron chi connectivity index (χ1n) is 6.92. The Labute approximate surface area is 124 Å². The molecule has 1 aromatic carbocycles. The van der Waals surface area contributed by atoms with Crippen LogP contribution in [0.25, 0.3) is 11.4 Å². The second-order valence-electron chi connectivity index (χ2n) is 5.15. The van der Waals surface area contributed by atoms with Gasteiger partial charge in [0.25, 0.3) is 0 Å². The van der Waals surface area contributed by atoms with Gasteiger partial charge in [0.15, 0.2) is 5.82 Å². The molecule has 5 nitrogen and oxygen atoms in total. The van der Waals surface area contributed by atoms with Gasteiger partial charge < -0.3 is 5.73 Å². The average molecular weight is 312 g/mol. The average Bonchev–Trinajstić information content (AvgIpc) is 2.89. The third-order valence-corrected chi connectivity index (χ3v) is 3.57. The first kappa shape index (κ1) is 15.0. The number of aryl methyl sites for hydroxylation is 1. The Morgan fingerprint density at radius 3 is 2.64 bits per heavy atom. The van der Waals surface area contributed by atoms with Gasteiger partial charge in [-0.3, -0.25) is 4.74 Å². The molecule has 1 unspecified atom stereocenters. The Balaban J connectivity index is 1.78. The number of nitrogens with two attached hydrogens (primary N) is 1. The molecule has 0 fully saturated rings. The van der Waals surface area contributed by atoms with Crippen LogP contribution in [-0.4, -0.2) is 27.2 Å². The second-order valence-corrected chi connectivity index (χ2v) is 5.15. The topological polar surface area (TPSA) is 66.0 Å². The largest absolute Gasteiger partial charge is 0.522 e. The first-order chi connectivity index (χ1) is 10.4. The van der Waals surface area contributed by atoms with Gasteiger partial charge in [-0.25, -0.2) is 9.67 Å². The highest BCUT2D eigenvalue weighted by Crippen LogP contribution is 2.26. The minimum atomic E-state index is -4.62. The molecule has 22 heavy (non-hydrogen) atoms. The molecule has 118 valence electrons. The van der Waals surface area contributed by atoms with Crippen LogP contribution in [0.4, 0.5) is 13.2 Å². The van der Waals surface area contributed by atoms with Crippen molar-refractivity contribution in [1.29, 1.82) is 0 Å². The molecule has 0 saturated carbocycles. The van der Waals surface area contributed by atoms with Crippen LogP contribution in [0, 0.1) is 0 Å². The summed E-state index contributed by atoms with van der Waals surface area (Å²) in [6, 6.07) is 7.47. The van der Waals surface area contributed by atoms with E-state index in [1.165, 1.54) is 0 Å². The maximum Gasteiger partial charge on any atom is 0.522 e. The van der Waals surface area contributed by atoms with E-state index in [-0.39, 0.29) is 12.8 Å². The van der Waals surface area contributed by atoms with Crippen molar-refractivity contribution >= 4 is 0 Å². The molecule has 0 radical (unpaired) electrons. The third-order valence-electron chi connectivity index (χ3n) is 3.57. The van der Waals surface area contributed by atoms with Crippen molar-refractivity contribution in [3.05, 3.63) is 35.7 Å². The Morgan fingerprint density at radius 2 is 2.00 bits per heavy atom. The van der Waals surface area contributed by atoms with E-state index in [2.05, 4.69) is 14.8 Å². The Morgan fingerprint density at radius 1 is 1.27 bits per heavy atom. The van der Waals surface area contributed by atoms with Crippen molar-refractivity contribution in [2.24, 2.45) is 5.73 Å². The maximum atomic E-state index is 12.3. The summed E-state index contributed by atoms with van der Waals surface area (Å²) in [5.41, 5.74) is 7.35. The highest BCUT2D eigenvalue weighted by atomic mass is 19.4. The minimum absolute atomic E-state index is 0.105. The summed E-state index contributed by atoms with van der Waals surface area (Å²) >= 11 is 0. The monoisotopic (exact) mass is 312 g/mol. The Kier molecular flexibility index (Phi) is 3.88. The lowest BCUT2D eigenvalue weighted by Crippen LogP contribution is -2.31. The van der Waals surface area contributed by atoms with Crippen LogP contribution in [0.15, 0.2) is 24.3 Å². The number of hydrogen-bond donors (Lipinski definition) is 1. The quantitative estimate of drug-likeness (QED) is 0.944. The smallest absolute Gasteiger partial charge is 0.326 e. The summed E-state index contributed by atoms with van der Waals surface area (Å²) in [6.07, 6.45) is -5.15. The fourth-order valence-electron chi connectivity index (χ4n) is 2.48. The Bertz CT molecular complexity index is 651. The van der Waals surface area contributed by atoms with Crippen LogP contribution >= 0.6 is 0 Å². The van der Waals surface area contributed by atoms with E-state index < -0.39 is 12.5 Å². The van der Waals surface area contributed by atoms with E-state index in [4.69, 9.17) is 5.73 Å². The fourth-order valence-corrected chi connectivity index (χ4v) is 2.48. The van der Waals surface area contributed by atoms with Gasteiger partial charge in [-0.15, -0.1) is 13.2 Å². The minimum Gasteiger partial charge on any atom is -0.326 e. The molecule has 0 spiro atoms. The number of rotatable bonds is 3. The molecule has 0 bridgehead atoms. The molecule has 2 aromatic rings. The molecule has 1 atom stereocenters. The number of hydrogen-bond acceptors (Lipinski definition) is 4. The number of ether oxygens (including phenoxy) is 1. The van der Waals surface area contributed by atoms with Crippen LogP contribution in [0.5, 0.6) is 0 Å². The predicted molar refractivity (Wildman–Crippen MR) is 72.6 cm³/mol. The van der Waals surface area contributed by atoms with Crippen molar-refractivity contribution in [1.82, 2.24) is 14.8 Å². The zero-order valence-corrected chi connectivity index (χ0v) is 11.7. The lowest BCUT2D eigenvalue weighted by atomic mass is 10.1. The summed E-state index contributed by atoms with van der Waals surface area (Å²) in [4.78, 5) is 4.33. The highest BCUT2D eigenvalue weighted by molar-refractivity contribution is 5.55. The predicted octanol–water partition coefficient (Wildman–Crippen LogP) is 2.25. The van der Waals surface area contributed by atoms with Crippen molar-refractivity contribution in [3.8, 4) is 11.4 Å². The summed E-state index contributed by atoms with van der Waals surface area (Å²) < 4.78 is 42.6. The fraction of sp³-hybridized carbons (Fsp3) is 0.429.